The first kappa shape index (κ1) is 15.2. The lowest BCUT2D eigenvalue weighted by Gasteiger charge is -2.13. The molecule has 0 amide bonds. The average molecular weight is 325 g/mol. The van der Waals surface area contributed by atoms with Crippen LogP contribution in [0.15, 0.2) is 102 Å². The Morgan fingerprint density at radius 3 is 2.72 bits per heavy atom. The first-order valence-corrected chi connectivity index (χ1v) is 8.19. The van der Waals surface area contributed by atoms with Crippen molar-refractivity contribution in [2.75, 3.05) is 0 Å². The van der Waals surface area contributed by atoms with E-state index in [1.165, 1.54) is 0 Å². The molecule has 0 unspecified atom stereocenters. The molecule has 2 heterocycles. The lowest BCUT2D eigenvalue weighted by Crippen LogP contribution is -1.94. The monoisotopic (exact) mass is 325 g/mol. The van der Waals surface area contributed by atoms with Crippen LogP contribution < -0.4 is 4.74 Å². The van der Waals surface area contributed by atoms with Gasteiger partial charge < -0.3 is 4.74 Å². The Kier molecular flexibility index (Phi) is 4.25. The van der Waals surface area contributed by atoms with Crippen LogP contribution in [0.2, 0.25) is 0 Å². The predicted molar refractivity (Wildman–Crippen MR) is 103 cm³/mol. The molecule has 1 aliphatic rings. The van der Waals surface area contributed by atoms with Gasteiger partial charge in [-0.05, 0) is 29.3 Å². The molecule has 4 rings (SSSR count). The number of benzene rings is 2. The van der Waals surface area contributed by atoms with Crippen molar-refractivity contribution >= 4 is 22.6 Å². The van der Waals surface area contributed by atoms with Gasteiger partial charge in [-0.1, -0.05) is 60.7 Å². The van der Waals surface area contributed by atoms with Crippen LogP contribution >= 0.6 is 0 Å². The molecule has 2 heteroatoms. The molecule has 0 aliphatic carbocycles. The number of para-hydroxylation sites is 2. The summed E-state index contributed by atoms with van der Waals surface area (Å²) in [6.07, 6.45) is 15.7. The molecule has 0 atom stereocenters. The lowest BCUT2D eigenvalue weighted by molar-refractivity contribution is 0.476. The van der Waals surface area contributed by atoms with Crippen LogP contribution in [0.1, 0.15) is 11.1 Å². The Morgan fingerprint density at radius 1 is 0.840 bits per heavy atom. The molecule has 0 radical (unpaired) electrons. The minimum Gasteiger partial charge on any atom is -0.464 e. The van der Waals surface area contributed by atoms with Crippen molar-refractivity contribution in [1.82, 2.24) is 0 Å². The second-order valence-corrected chi connectivity index (χ2v) is 5.65. The van der Waals surface area contributed by atoms with E-state index in [1.807, 2.05) is 66.8 Å². The van der Waals surface area contributed by atoms with Gasteiger partial charge in [0.1, 0.15) is 5.75 Å². The van der Waals surface area contributed by atoms with Crippen LogP contribution in [0.3, 0.4) is 0 Å². The van der Waals surface area contributed by atoms with E-state index in [2.05, 4.69) is 24.3 Å². The van der Waals surface area contributed by atoms with E-state index >= 15 is 0 Å². The van der Waals surface area contributed by atoms with Crippen LogP contribution in [0.5, 0.6) is 5.75 Å². The number of hydrogen-bond donors (Lipinski definition) is 0. The first-order valence-electron chi connectivity index (χ1n) is 8.19. The van der Waals surface area contributed by atoms with E-state index in [0.717, 1.165) is 33.4 Å². The third-order valence-corrected chi connectivity index (χ3v) is 4.06. The van der Waals surface area contributed by atoms with E-state index in [9.17, 15) is 0 Å². The van der Waals surface area contributed by atoms with E-state index in [0.29, 0.717) is 0 Å². The van der Waals surface area contributed by atoms with Gasteiger partial charge in [-0.15, -0.1) is 0 Å². The molecule has 3 aromatic rings. The van der Waals surface area contributed by atoms with Crippen LogP contribution in [0, 0.1) is 0 Å². The van der Waals surface area contributed by atoms with E-state index in [-0.39, 0.29) is 0 Å². The number of hydrogen-bond acceptors (Lipinski definition) is 1. The fourth-order valence-electron chi connectivity index (χ4n) is 2.83. The maximum Gasteiger partial charge on any atom is 0.360 e. The zero-order valence-electron chi connectivity index (χ0n) is 13.6. The van der Waals surface area contributed by atoms with Crippen molar-refractivity contribution in [2.24, 2.45) is 0 Å². The minimum atomic E-state index is 0.889. The van der Waals surface area contributed by atoms with E-state index in [4.69, 9.17) is 9.15 Å². The van der Waals surface area contributed by atoms with Crippen LogP contribution in [-0.4, -0.2) is 0 Å². The molecule has 0 fully saturated rings. The van der Waals surface area contributed by atoms with Crippen molar-refractivity contribution in [2.45, 2.75) is 0 Å². The van der Waals surface area contributed by atoms with E-state index in [1.54, 1.807) is 12.5 Å². The lowest BCUT2D eigenvalue weighted by atomic mass is 10.0. The summed E-state index contributed by atoms with van der Waals surface area (Å²) in [4.78, 5) is 0. The summed E-state index contributed by atoms with van der Waals surface area (Å²) in [7, 11) is 0. The summed E-state index contributed by atoms with van der Waals surface area (Å²) in [5.41, 5.74) is 4.26. The summed E-state index contributed by atoms with van der Waals surface area (Å²) in [5.74, 6) is 0.889. The van der Waals surface area contributed by atoms with Crippen LogP contribution in [0.25, 0.3) is 22.6 Å². The highest BCUT2D eigenvalue weighted by atomic mass is 16.5. The number of fused-ring (bicyclic) bond motifs is 2. The second-order valence-electron chi connectivity index (χ2n) is 5.65. The average Bonchev–Trinajstić information content (AvgIpc) is 2.68. The van der Waals surface area contributed by atoms with Gasteiger partial charge in [-0.25, -0.2) is 4.42 Å². The topological polar surface area (TPSA) is 20.5 Å². The molecular weight excluding hydrogens is 308 g/mol. The molecule has 0 bridgehead atoms. The Balaban J connectivity index is 1.54. The molecule has 0 N–H and O–H groups in total. The molecule has 0 saturated carbocycles. The van der Waals surface area contributed by atoms with Crippen molar-refractivity contribution in [3.8, 4) is 5.75 Å². The normalized spacial score (nSPS) is 15.1. The van der Waals surface area contributed by atoms with Crippen LogP contribution in [0.4, 0.5) is 0 Å². The van der Waals surface area contributed by atoms with Crippen molar-refractivity contribution in [3.63, 3.8) is 0 Å². The zero-order valence-corrected chi connectivity index (χ0v) is 13.6. The quantitative estimate of drug-likeness (QED) is 0.417. The Bertz CT molecular complexity index is 1020. The smallest absolute Gasteiger partial charge is 0.360 e. The zero-order chi connectivity index (χ0) is 16.9. The van der Waals surface area contributed by atoms with Gasteiger partial charge in [-0.3, -0.25) is 0 Å². The third-order valence-electron chi connectivity index (χ3n) is 4.06. The highest BCUT2D eigenvalue weighted by Crippen LogP contribution is 2.30. The fourth-order valence-corrected chi connectivity index (χ4v) is 2.83. The highest BCUT2D eigenvalue weighted by molar-refractivity contribution is 5.86. The van der Waals surface area contributed by atoms with Crippen molar-refractivity contribution in [1.29, 1.82) is 0 Å². The van der Waals surface area contributed by atoms with Crippen molar-refractivity contribution in [3.05, 3.63) is 109 Å². The molecule has 2 nitrogen and oxygen atoms in total. The summed E-state index contributed by atoms with van der Waals surface area (Å²) in [6.45, 7) is 0. The maximum atomic E-state index is 5.51. The standard InChI is InChI=1S/C23H17O2/c1(2-8-18-14-16-24-22-12-6-4-10-20(18)22)3-9-19-15-17-25-23-13-7-5-11-21(19)23/h1-17H/q+1. The van der Waals surface area contributed by atoms with Gasteiger partial charge in [0, 0.05) is 17.7 Å². The molecule has 2 aromatic carbocycles. The fraction of sp³-hybridized carbons (Fsp3) is 0. The van der Waals surface area contributed by atoms with Gasteiger partial charge in [0.05, 0.1) is 11.6 Å². The van der Waals surface area contributed by atoms with E-state index < -0.39 is 0 Å². The SMILES string of the molecule is C1=C\C(=C/C=C/C=C/c2cc[o+]c3ccccc23)c2ccccc2O1. The predicted octanol–water partition coefficient (Wildman–Crippen LogP) is 6.27. The highest BCUT2D eigenvalue weighted by Gasteiger charge is 2.09. The second kappa shape index (κ2) is 7.02. The Labute approximate surface area is 146 Å². The summed E-state index contributed by atoms with van der Waals surface area (Å²) in [5, 5.41) is 1.11. The summed E-state index contributed by atoms with van der Waals surface area (Å²) in [6, 6.07) is 18.0. The molecule has 25 heavy (non-hydrogen) atoms. The summed E-state index contributed by atoms with van der Waals surface area (Å²) >= 11 is 0. The molecule has 1 aromatic heterocycles. The molecule has 0 saturated heterocycles. The molecule has 120 valence electrons. The Morgan fingerprint density at radius 2 is 1.72 bits per heavy atom. The molecule has 1 aliphatic heterocycles. The Hall–Kier alpha value is -3.39. The van der Waals surface area contributed by atoms with Gasteiger partial charge in [-0.2, -0.15) is 0 Å². The number of ether oxygens (including phenoxy) is 1. The largest absolute Gasteiger partial charge is 0.464 e. The summed E-state index contributed by atoms with van der Waals surface area (Å²) < 4.78 is 11.0. The first-order chi connectivity index (χ1) is 12.4. The van der Waals surface area contributed by atoms with Crippen molar-refractivity contribution < 1.29 is 9.15 Å². The number of rotatable bonds is 3. The molecular formula is C23H17O2+. The maximum absolute atomic E-state index is 5.51. The van der Waals surface area contributed by atoms with Crippen LogP contribution in [-0.2, 0) is 0 Å². The van der Waals surface area contributed by atoms with Gasteiger partial charge in [0.25, 0.3) is 0 Å². The molecule has 0 spiro atoms. The third kappa shape index (κ3) is 3.29. The minimum absolute atomic E-state index is 0.889. The van der Waals surface area contributed by atoms with Gasteiger partial charge >= 0.3 is 11.8 Å². The number of allylic oxidation sites excluding steroid dienone is 6. The van der Waals surface area contributed by atoms with Gasteiger partial charge in [0.2, 0.25) is 0 Å². The van der Waals surface area contributed by atoms with Gasteiger partial charge in [0.15, 0.2) is 0 Å².